The number of benzene rings is 1. The van der Waals surface area contributed by atoms with E-state index in [2.05, 4.69) is 5.32 Å². The van der Waals surface area contributed by atoms with Gasteiger partial charge in [-0.25, -0.2) is 0 Å². The maximum atomic E-state index is 13.6. The van der Waals surface area contributed by atoms with Gasteiger partial charge >= 0.3 is 0 Å². The van der Waals surface area contributed by atoms with Crippen molar-refractivity contribution in [3.05, 3.63) is 29.8 Å². The molecule has 5 aliphatic rings. The maximum absolute atomic E-state index is 13.6. The zero-order valence-corrected chi connectivity index (χ0v) is 19.6. The number of nitrogens with one attached hydrogen (secondary N) is 1. The molecule has 0 spiro atoms. The van der Waals surface area contributed by atoms with Crippen LogP contribution >= 0.6 is 0 Å². The van der Waals surface area contributed by atoms with Gasteiger partial charge in [-0.15, -0.1) is 0 Å². The molecule has 4 saturated carbocycles. The summed E-state index contributed by atoms with van der Waals surface area (Å²) in [5.74, 6) is 3.19. The average Bonchev–Trinajstić information content (AvgIpc) is 2.76. The van der Waals surface area contributed by atoms with Crippen LogP contribution in [-0.2, 0) is 9.59 Å². The molecule has 0 aromatic heterocycles. The van der Waals surface area contributed by atoms with Gasteiger partial charge in [-0.3, -0.25) is 9.59 Å². The van der Waals surface area contributed by atoms with Crippen molar-refractivity contribution < 1.29 is 14.7 Å². The van der Waals surface area contributed by atoms with E-state index in [1.165, 1.54) is 24.8 Å². The van der Waals surface area contributed by atoms with Gasteiger partial charge < -0.3 is 15.3 Å². The second kappa shape index (κ2) is 8.39. The molecule has 1 aromatic carbocycles. The molecule has 1 aromatic rings. The van der Waals surface area contributed by atoms with Gasteiger partial charge in [0, 0.05) is 18.5 Å². The van der Waals surface area contributed by atoms with Crippen LogP contribution in [0.2, 0.25) is 0 Å². The summed E-state index contributed by atoms with van der Waals surface area (Å²) in [6.45, 7) is 5.54. The standard InChI is InChI=1S/C27H38N2O3/c1-17(2)24(28-26(32)27-14-18-11-19(15-27)13-20(12-18)16-27)25(31)29-9-7-22(8-10-29)21-3-5-23(30)6-4-21/h3-6,17-20,22,24,30H,7-16H2,1-2H3,(H,28,32)/t18?,19?,20?,24-,27?/m1/s1. The van der Waals surface area contributed by atoms with E-state index in [1.54, 1.807) is 12.1 Å². The number of hydrogen-bond acceptors (Lipinski definition) is 3. The topological polar surface area (TPSA) is 69.6 Å². The maximum Gasteiger partial charge on any atom is 0.245 e. The van der Waals surface area contributed by atoms with E-state index < -0.39 is 6.04 Å². The molecule has 1 saturated heterocycles. The molecule has 5 nitrogen and oxygen atoms in total. The van der Waals surface area contributed by atoms with Gasteiger partial charge in [0.25, 0.3) is 0 Å². The van der Waals surface area contributed by atoms with Crippen LogP contribution in [0.4, 0.5) is 0 Å². The highest BCUT2D eigenvalue weighted by Crippen LogP contribution is 2.60. The molecule has 6 rings (SSSR count). The second-order valence-electron chi connectivity index (χ2n) is 11.6. The lowest BCUT2D eigenvalue weighted by molar-refractivity contribution is -0.151. The number of likely N-dealkylation sites (tertiary alicyclic amines) is 1. The Hall–Kier alpha value is -2.04. The number of carbonyl (C=O) groups is 2. The van der Waals surface area contributed by atoms with Gasteiger partial charge in [0.1, 0.15) is 11.8 Å². The van der Waals surface area contributed by atoms with Crippen LogP contribution in [0.5, 0.6) is 5.75 Å². The first-order valence-electron chi connectivity index (χ1n) is 12.7. The van der Waals surface area contributed by atoms with Crippen molar-refractivity contribution in [1.29, 1.82) is 0 Å². The molecule has 0 radical (unpaired) electrons. The van der Waals surface area contributed by atoms with Crippen LogP contribution in [0.1, 0.15) is 76.7 Å². The lowest BCUT2D eigenvalue weighted by Gasteiger charge is -2.56. The predicted molar refractivity (Wildman–Crippen MR) is 124 cm³/mol. The van der Waals surface area contributed by atoms with Gasteiger partial charge in [0.15, 0.2) is 0 Å². The smallest absolute Gasteiger partial charge is 0.245 e. The fraction of sp³-hybridized carbons (Fsp3) is 0.704. The van der Waals surface area contributed by atoms with Gasteiger partial charge in [-0.1, -0.05) is 26.0 Å². The zero-order chi connectivity index (χ0) is 22.5. The van der Waals surface area contributed by atoms with Gasteiger partial charge in [0.2, 0.25) is 11.8 Å². The highest BCUT2D eigenvalue weighted by Gasteiger charge is 2.55. The number of aromatic hydroxyl groups is 1. The van der Waals surface area contributed by atoms with Crippen LogP contribution in [0.25, 0.3) is 0 Å². The predicted octanol–water partition coefficient (Wildman–Crippen LogP) is 4.46. The van der Waals surface area contributed by atoms with E-state index in [1.807, 2.05) is 30.9 Å². The number of phenols is 1. The number of rotatable bonds is 5. The Labute approximate surface area is 191 Å². The molecule has 174 valence electrons. The van der Waals surface area contributed by atoms with E-state index in [9.17, 15) is 14.7 Å². The van der Waals surface area contributed by atoms with Gasteiger partial charge in [-0.05, 0) is 98.7 Å². The summed E-state index contributed by atoms with van der Waals surface area (Å²) in [4.78, 5) is 29.0. The van der Waals surface area contributed by atoms with Crippen LogP contribution < -0.4 is 5.32 Å². The highest BCUT2D eigenvalue weighted by molar-refractivity contribution is 5.90. The number of nitrogens with zero attached hydrogens (tertiary/aromatic N) is 1. The molecular formula is C27H38N2O3. The number of amides is 2. The van der Waals surface area contributed by atoms with Crippen LogP contribution in [-0.4, -0.2) is 41.0 Å². The minimum atomic E-state index is -0.430. The Bertz CT molecular complexity index is 819. The third-order valence-electron chi connectivity index (χ3n) is 8.91. The minimum Gasteiger partial charge on any atom is -0.508 e. The quantitative estimate of drug-likeness (QED) is 0.713. The first-order chi connectivity index (χ1) is 15.3. The van der Waals surface area contributed by atoms with Gasteiger partial charge in [-0.2, -0.15) is 0 Å². The fourth-order valence-corrected chi connectivity index (χ4v) is 7.57. The van der Waals surface area contributed by atoms with E-state index in [0.29, 0.717) is 5.92 Å². The fourth-order valence-electron chi connectivity index (χ4n) is 7.57. The van der Waals surface area contributed by atoms with Gasteiger partial charge in [0.05, 0.1) is 0 Å². The van der Waals surface area contributed by atoms with Crippen molar-refractivity contribution in [2.45, 2.75) is 77.2 Å². The minimum absolute atomic E-state index is 0.0789. The molecule has 1 heterocycles. The molecular weight excluding hydrogens is 400 g/mol. The summed E-state index contributed by atoms with van der Waals surface area (Å²) in [5.41, 5.74) is 1.01. The molecule has 4 aliphatic carbocycles. The number of piperidine rings is 1. The third kappa shape index (κ3) is 4.04. The molecule has 1 atom stereocenters. The summed E-state index contributed by atoms with van der Waals surface area (Å²) in [6.07, 6.45) is 8.87. The van der Waals surface area contributed by atoms with Crippen LogP contribution in [0, 0.1) is 29.1 Å². The van der Waals surface area contributed by atoms with Crippen molar-refractivity contribution >= 4 is 11.8 Å². The molecule has 1 aliphatic heterocycles. The Morgan fingerprint density at radius 2 is 1.50 bits per heavy atom. The Kier molecular flexibility index (Phi) is 5.71. The largest absolute Gasteiger partial charge is 0.508 e. The molecule has 4 bridgehead atoms. The Morgan fingerprint density at radius 1 is 0.969 bits per heavy atom. The molecule has 0 unspecified atom stereocenters. The van der Waals surface area contributed by atoms with E-state index in [-0.39, 0.29) is 28.9 Å². The highest BCUT2D eigenvalue weighted by atomic mass is 16.3. The average molecular weight is 439 g/mol. The molecule has 32 heavy (non-hydrogen) atoms. The lowest BCUT2D eigenvalue weighted by Crippen LogP contribution is -2.59. The molecule has 2 N–H and O–H groups in total. The summed E-state index contributed by atoms with van der Waals surface area (Å²) < 4.78 is 0. The van der Waals surface area contributed by atoms with E-state index in [4.69, 9.17) is 0 Å². The summed E-state index contributed by atoms with van der Waals surface area (Å²) in [7, 11) is 0. The SMILES string of the molecule is CC(C)[C@@H](NC(=O)C12CC3CC(CC(C3)C1)C2)C(=O)N1CCC(c2ccc(O)cc2)CC1. The zero-order valence-electron chi connectivity index (χ0n) is 19.6. The van der Waals surface area contributed by atoms with Crippen molar-refractivity contribution in [2.75, 3.05) is 13.1 Å². The second-order valence-corrected chi connectivity index (χ2v) is 11.6. The Morgan fingerprint density at radius 3 is 2.00 bits per heavy atom. The molecule has 2 amide bonds. The number of carbonyl (C=O) groups excluding carboxylic acids is 2. The van der Waals surface area contributed by atoms with Crippen molar-refractivity contribution in [3.8, 4) is 5.75 Å². The first-order valence-corrected chi connectivity index (χ1v) is 12.7. The first kappa shape index (κ1) is 21.8. The number of hydrogen-bond donors (Lipinski definition) is 2. The summed E-state index contributed by atoms with van der Waals surface area (Å²) >= 11 is 0. The normalized spacial score (nSPS) is 32.8. The lowest BCUT2D eigenvalue weighted by atomic mass is 9.49. The van der Waals surface area contributed by atoms with Crippen molar-refractivity contribution in [3.63, 3.8) is 0 Å². The van der Waals surface area contributed by atoms with E-state index in [0.717, 1.165) is 62.9 Å². The number of phenolic OH excluding ortho intramolecular Hbond substituents is 1. The monoisotopic (exact) mass is 438 g/mol. The van der Waals surface area contributed by atoms with Crippen molar-refractivity contribution in [2.24, 2.45) is 29.1 Å². The molecule has 5 heteroatoms. The third-order valence-corrected chi connectivity index (χ3v) is 8.91. The summed E-state index contributed by atoms with van der Waals surface area (Å²) in [5, 5.41) is 12.8. The van der Waals surface area contributed by atoms with Crippen LogP contribution in [0.3, 0.4) is 0 Å². The van der Waals surface area contributed by atoms with E-state index >= 15 is 0 Å². The van der Waals surface area contributed by atoms with Crippen LogP contribution in [0.15, 0.2) is 24.3 Å². The van der Waals surface area contributed by atoms with Crippen molar-refractivity contribution in [1.82, 2.24) is 10.2 Å². The summed E-state index contributed by atoms with van der Waals surface area (Å²) in [6, 6.07) is 7.02. The molecule has 5 fully saturated rings. The Balaban J connectivity index is 1.22.